The molecule has 0 aliphatic carbocycles. The van der Waals surface area contributed by atoms with Crippen LogP contribution in [0.25, 0.3) is 16.8 Å². The molecule has 0 saturated carbocycles. The van der Waals surface area contributed by atoms with E-state index in [1.807, 2.05) is 12.1 Å². The maximum atomic E-state index is 11.3. The largest absolute Gasteiger partial charge is 0.380 e. The van der Waals surface area contributed by atoms with Gasteiger partial charge in [0.2, 0.25) is 5.82 Å². The van der Waals surface area contributed by atoms with E-state index in [1.165, 1.54) is 27.8 Å². The molecule has 0 unspecified atom stereocenters. The van der Waals surface area contributed by atoms with E-state index >= 15 is 0 Å². The number of carbonyl (C=O) groups is 1. The molecule has 0 bridgehead atoms. The van der Waals surface area contributed by atoms with Gasteiger partial charge in [0.1, 0.15) is 5.82 Å². The zero-order valence-electron chi connectivity index (χ0n) is 20.4. The Morgan fingerprint density at radius 2 is 1.44 bits per heavy atom. The second-order valence-corrected chi connectivity index (χ2v) is 10.1. The summed E-state index contributed by atoms with van der Waals surface area (Å²) in [5.41, 5.74) is 12.9. The number of rotatable bonds is 7. The lowest BCUT2D eigenvalue weighted by atomic mass is 9.78. The lowest BCUT2D eigenvalue weighted by Gasteiger charge is -2.55. The van der Waals surface area contributed by atoms with E-state index in [4.69, 9.17) is 10.5 Å². The summed E-state index contributed by atoms with van der Waals surface area (Å²) in [5.74, 6) is 0.0230. The van der Waals surface area contributed by atoms with Gasteiger partial charge in [-0.3, -0.25) is 9.69 Å². The molecule has 4 aromatic rings. The normalized spacial score (nSPS) is 16.5. The monoisotopic (exact) mass is 479 g/mol. The van der Waals surface area contributed by atoms with Gasteiger partial charge in [-0.15, -0.1) is 5.10 Å². The van der Waals surface area contributed by atoms with Gasteiger partial charge in [-0.1, -0.05) is 60.7 Å². The Balaban J connectivity index is 1.07. The maximum absolute atomic E-state index is 11.3. The van der Waals surface area contributed by atoms with Crippen molar-refractivity contribution in [1.82, 2.24) is 19.7 Å². The molecule has 2 aliphatic rings. The number of amides is 1. The van der Waals surface area contributed by atoms with Gasteiger partial charge >= 0.3 is 0 Å². The van der Waals surface area contributed by atoms with Crippen LogP contribution in [0.15, 0.2) is 72.8 Å². The molecule has 2 aliphatic heterocycles. The first kappa shape index (κ1) is 22.6. The quantitative estimate of drug-likeness (QED) is 0.436. The average Bonchev–Trinajstić information content (AvgIpc) is 3.23. The number of ether oxygens (including phenoxy) is 1. The van der Waals surface area contributed by atoms with Crippen LogP contribution in [0.5, 0.6) is 0 Å². The van der Waals surface area contributed by atoms with Crippen molar-refractivity contribution in [3.8, 4) is 16.8 Å². The third-order valence-electron chi connectivity index (χ3n) is 7.16. The highest BCUT2D eigenvalue weighted by molar-refractivity contribution is 5.88. The van der Waals surface area contributed by atoms with Crippen molar-refractivity contribution in [2.45, 2.75) is 19.9 Å². The molecule has 3 aromatic carbocycles. The van der Waals surface area contributed by atoms with Gasteiger partial charge in [-0.05, 0) is 53.3 Å². The first-order valence-corrected chi connectivity index (χ1v) is 12.3. The molecule has 182 valence electrons. The summed E-state index contributed by atoms with van der Waals surface area (Å²) in [6, 6.07) is 25.8. The third kappa shape index (κ3) is 4.43. The van der Waals surface area contributed by atoms with Crippen LogP contribution >= 0.6 is 0 Å². The van der Waals surface area contributed by atoms with Crippen molar-refractivity contribution in [3.05, 3.63) is 101 Å². The van der Waals surface area contributed by atoms with Gasteiger partial charge in [0.25, 0.3) is 5.91 Å². The Morgan fingerprint density at radius 3 is 1.94 bits per heavy atom. The van der Waals surface area contributed by atoms with Crippen molar-refractivity contribution >= 4 is 5.91 Å². The van der Waals surface area contributed by atoms with E-state index in [2.05, 4.69) is 75.6 Å². The summed E-state index contributed by atoms with van der Waals surface area (Å²) in [7, 11) is 0. The molecular formula is C29H29N5O2. The molecule has 6 rings (SSSR count). The number of aryl methyl sites for hydroxylation is 1. The van der Waals surface area contributed by atoms with Gasteiger partial charge < -0.3 is 10.5 Å². The predicted octanol–water partition coefficient (Wildman–Crippen LogP) is 3.76. The Morgan fingerprint density at radius 1 is 0.889 bits per heavy atom. The van der Waals surface area contributed by atoms with Crippen molar-refractivity contribution in [3.63, 3.8) is 0 Å². The summed E-state index contributed by atoms with van der Waals surface area (Å²) >= 11 is 0. The molecule has 2 saturated heterocycles. The number of benzene rings is 3. The lowest BCUT2D eigenvalue weighted by molar-refractivity contribution is -0.191. The molecule has 0 atom stereocenters. The number of likely N-dealkylation sites (tertiary alicyclic amines) is 1. The zero-order chi connectivity index (χ0) is 24.7. The van der Waals surface area contributed by atoms with Gasteiger partial charge in [0.15, 0.2) is 0 Å². The van der Waals surface area contributed by atoms with Gasteiger partial charge in [-0.2, -0.15) is 0 Å². The van der Waals surface area contributed by atoms with Crippen LogP contribution in [-0.4, -0.2) is 51.9 Å². The maximum Gasteiger partial charge on any atom is 0.288 e. The number of aromatic nitrogens is 3. The van der Waals surface area contributed by atoms with Crippen LogP contribution in [0, 0.1) is 12.3 Å². The number of hydrogen-bond acceptors (Lipinski definition) is 5. The standard InChI is InChI=1S/C29H29N5O2/c1-20-31-28(27(30)35)32-34(20)26-12-6-22(7-13-26)14-21-2-8-24(9-3-21)25-10-4-23(5-11-25)15-33-16-29(17-33)18-36-19-29/h2-13H,14-19H2,1H3,(H2,30,35). The summed E-state index contributed by atoms with van der Waals surface area (Å²) in [5, 5.41) is 4.19. The number of hydrogen-bond donors (Lipinski definition) is 1. The van der Waals surface area contributed by atoms with Crippen LogP contribution in [0.3, 0.4) is 0 Å². The SMILES string of the molecule is Cc1nc(C(N)=O)nn1-c1ccc(Cc2ccc(-c3ccc(CN4CC5(COC5)C4)cc3)cc2)cc1. The van der Waals surface area contributed by atoms with Gasteiger partial charge in [0.05, 0.1) is 18.9 Å². The molecule has 1 amide bonds. The molecule has 7 nitrogen and oxygen atoms in total. The van der Waals surface area contributed by atoms with E-state index in [0.717, 1.165) is 45.0 Å². The Kier molecular flexibility index (Phi) is 5.66. The molecular weight excluding hydrogens is 450 g/mol. The van der Waals surface area contributed by atoms with Crippen molar-refractivity contribution in [2.75, 3.05) is 26.3 Å². The predicted molar refractivity (Wildman–Crippen MR) is 138 cm³/mol. The Bertz CT molecular complexity index is 1380. The molecule has 1 spiro atoms. The van der Waals surface area contributed by atoms with Crippen LogP contribution in [-0.2, 0) is 17.7 Å². The minimum absolute atomic E-state index is 0.0276. The highest BCUT2D eigenvalue weighted by Gasteiger charge is 2.48. The number of nitrogens with zero attached hydrogens (tertiary/aromatic N) is 4. The molecule has 3 heterocycles. The molecule has 2 N–H and O–H groups in total. The van der Waals surface area contributed by atoms with E-state index < -0.39 is 5.91 Å². The van der Waals surface area contributed by atoms with Gasteiger partial charge in [-0.25, -0.2) is 9.67 Å². The van der Waals surface area contributed by atoms with E-state index in [0.29, 0.717) is 11.2 Å². The lowest BCUT2D eigenvalue weighted by Crippen LogP contribution is -2.65. The van der Waals surface area contributed by atoms with Crippen LogP contribution < -0.4 is 5.73 Å². The summed E-state index contributed by atoms with van der Waals surface area (Å²) in [6.07, 6.45) is 0.838. The van der Waals surface area contributed by atoms with Crippen molar-refractivity contribution in [2.24, 2.45) is 11.1 Å². The molecule has 2 fully saturated rings. The second kappa shape index (κ2) is 9.00. The smallest absolute Gasteiger partial charge is 0.288 e. The number of carbonyl (C=O) groups excluding carboxylic acids is 1. The Hall–Kier alpha value is -3.81. The van der Waals surface area contributed by atoms with Crippen LogP contribution in [0.4, 0.5) is 0 Å². The minimum Gasteiger partial charge on any atom is -0.380 e. The molecule has 36 heavy (non-hydrogen) atoms. The second-order valence-electron chi connectivity index (χ2n) is 10.1. The van der Waals surface area contributed by atoms with Crippen molar-refractivity contribution in [1.29, 1.82) is 0 Å². The fraction of sp³-hybridized carbons (Fsp3) is 0.276. The van der Waals surface area contributed by atoms with Gasteiger partial charge in [0, 0.05) is 25.0 Å². The highest BCUT2D eigenvalue weighted by atomic mass is 16.5. The van der Waals surface area contributed by atoms with Crippen LogP contribution in [0.2, 0.25) is 0 Å². The fourth-order valence-electron chi connectivity index (χ4n) is 5.19. The topological polar surface area (TPSA) is 86.3 Å². The fourth-order valence-corrected chi connectivity index (χ4v) is 5.19. The average molecular weight is 480 g/mol. The number of primary amides is 1. The molecule has 7 heteroatoms. The van der Waals surface area contributed by atoms with Crippen LogP contribution in [0.1, 0.15) is 33.1 Å². The van der Waals surface area contributed by atoms with E-state index in [9.17, 15) is 4.79 Å². The summed E-state index contributed by atoms with van der Waals surface area (Å²) in [6.45, 7) is 7.01. The van der Waals surface area contributed by atoms with E-state index in [-0.39, 0.29) is 5.82 Å². The summed E-state index contributed by atoms with van der Waals surface area (Å²) < 4.78 is 7.00. The third-order valence-corrected chi connectivity index (χ3v) is 7.16. The number of nitrogens with two attached hydrogens (primary N) is 1. The zero-order valence-corrected chi connectivity index (χ0v) is 20.4. The Labute approximate surface area is 210 Å². The molecule has 1 aromatic heterocycles. The van der Waals surface area contributed by atoms with E-state index in [1.54, 1.807) is 11.6 Å². The first-order chi connectivity index (χ1) is 17.5. The summed E-state index contributed by atoms with van der Waals surface area (Å²) in [4.78, 5) is 18.0. The first-order valence-electron chi connectivity index (χ1n) is 12.3. The van der Waals surface area contributed by atoms with Crippen molar-refractivity contribution < 1.29 is 9.53 Å². The minimum atomic E-state index is -0.628. The highest BCUT2D eigenvalue weighted by Crippen LogP contribution is 2.38. The molecule has 0 radical (unpaired) electrons.